The van der Waals surface area contributed by atoms with E-state index < -0.39 is 12.0 Å². The Morgan fingerprint density at radius 3 is 1.86 bits per heavy atom. The molecule has 6 heteroatoms. The van der Waals surface area contributed by atoms with Gasteiger partial charge in [0, 0.05) is 23.5 Å². The molecule has 6 nitrogen and oxygen atoms in total. The van der Waals surface area contributed by atoms with Gasteiger partial charge in [-0.2, -0.15) is 10.5 Å². The fourth-order valence-corrected chi connectivity index (χ4v) is 5.43. The summed E-state index contributed by atoms with van der Waals surface area (Å²) in [4.78, 5) is 16.1. The first-order valence-electron chi connectivity index (χ1n) is 14.0. The number of benzene rings is 4. The summed E-state index contributed by atoms with van der Waals surface area (Å²) in [5, 5.41) is 22.5. The number of rotatable bonds is 7. The number of nitrogens with zero attached hydrogens (tertiary/aromatic N) is 3. The van der Waals surface area contributed by atoms with Gasteiger partial charge in [-0.15, -0.1) is 0 Å². The molecule has 0 saturated heterocycles. The van der Waals surface area contributed by atoms with Gasteiger partial charge in [-0.05, 0) is 80.4 Å². The number of carbonyl (C=O) groups excluding carboxylic acids is 1. The summed E-state index contributed by atoms with van der Waals surface area (Å²) >= 11 is 0. The number of hydrogen-bond acceptors (Lipinski definition) is 6. The lowest BCUT2D eigenvalue weighted by Gasteiger charge is -2.46. The van der Waals surface area contributed by atoms with Crippen LogP contribution in [0.2, 0.25) is 0 Å². The largest absolute Gasteiger partial charge is 0.463 e. The van der Waals surface area contributed by atoms with Crippen LogP contribution in [-0.2, 0) is 9.53 Å². The van der Waals surface area contributed by atoms with E-state index >= 15 is 0 Å². The average Bonchev–Trinajstić information content (AvgIpc) is 3.02. The summed E-state index contributed by atoms with van der Waals surface area (Å²) in [7, 11) is 0. The minimum absolute atomic E-state index is 0.188. The van der Waals surface area contributed by atoms with Crippen molar-refractivity contribution in [3.8, 4) is 12.1 Å². The van der Waals surface area contributed by atoms with Crippen LogP contribution in [0.15, 0.2) is 108 Å². The maximum Gasteiger partial charge on any atom is 0.338 e. The quantitative estimate of drug-likeness (QED) is 0.237. The Morgan fingerprint density at radius 1 is 0.810 bits per heavy atom. The van der Waals surface area contributed by atoms with Crippen LogP contribution in [0.3, 0.4) is 0 Å². The fourth-order valence-electron chi connectivity index (χ4n) is 5.43. The zero-order valence-electron chi connectivity index (χ0n) is 24.0. The molecule has 5 rings (SSSR count). The lowest BCUT2D eigenvalue weighted by atomic mass is 9.83. The zero-order chi connectivity index (χ0) is 29.6. The molecule has 1 N–H and O–H groups in total. The summed E-state index contributed by atoms with van der Waals surface area (Å²) in [5.41, 5.74) is 8.37. The third-order valence-electron chi connectivity index (χ3n) is 7.56. The van der Waals surface area contributed by atoms with Crippen LogP contribution in [0.25, 0.3) is 0 Å². The number of anilines is 2. The Labute approximate surface area is 247 Å². The number of hydrogen-bond donors (Lipinski definition) is 1. The number of carbonyl (C=O) groups is 1. The summed E-state index contributed by atoms with van der Waals surface area (Å²) in [6.45, 7) is 6.13. The number of nitriles is 2. The van der Waals surface area contributed by atoms with E-state index in [1.165, 1.54) is 0 Å². The van der Waals surface area contributed by atoms with Crippen molar-refractivity contribution >= 4 is 17.3 Å². The molecule has 42 heavy (non-hydrogen) atoms. The first-order chi connectivity index (χ1) is 20.4. The minimum atomic E-state index is -0.526. The van der Waals surface area contributed by atoms with Gasteiger partial charge in [0.05, 0.1) is 47.5 Å². The predicted octanol–water partition coefficient (Wildman–Crippen LogP) is 7.67. The second-order valence-electron chi connectivity index (χ2n) is 10.4. The van der Waals surface area contributed by atoms with Gasteiger partial charge < -0.3 is 15.0 Å². The van der Waals surface area contributed by atoms with Gasteiger partial charge in [-0.25, -0.2) is 4.79 Å². The lowest BCUT2D eigenvalue weighted by molar-refractivity contribution is -0.139. The van der Waals surface area contributed by atoms with Gasteiger partial charge in [0.2, 0.25) is 0 Å². The molecule has 208 valence electrons. The van der Waals surface area contributed by atoms with E-state index in [1.807, 2.05) is 81.4 Å². The number of aryl methyl sites for hydroxylation is 2. The predicted molar refractivity (Wildman–Crippen MR) is 165 cm³/mol. The molecule has 0 bridgehead atoms. The monoisotopic (exact) mass is 552 g/mol. The van der Waals surface area contributed by atoms with E-state index in [1.54, 1.807) is 12.1 Å². The number of esters is 1. The Bertz CT molecular complexity index is 1670. The summed E-state index contributed by atoms with van der Waals surface area (Å²) in [6.07, 6.45) is 0.495. The molecular formula is C36H32N4O2. The molecule has 1 aliphatic rings. The molecule has 4 aromatic rings. The first-order valence-corrected chi connectivity index (χ1v) is 14.0. The van der Waals surface area contributed by atoms with E-state index in [9.17, 15) is 15.3 Å². The topological polar surface area (TPSA) is 89.2 Å². The summed E-state index contributed by atoms with van der Waals surface area (Å²) in [6, 6.07) is 35.1. The highest BCUT2D eigenvalue weighted by molar-refractivity contribution is 5.93. The van der Waals surface area contributed by atoms with Gasteiger partial charge in [0.1, 0.15) is 0 Å². The highest BCUT2D eigenvalue weighted by atomic mass is 16.5. The SMILES string of the molecule is CCOC(=O)C1=C(Nc2ccc(C)cc2)CC(c2ccc(C#N)cc2)N(c2ccc(C)cc2)C1c1ccc(C#N)cc1. The van der Waals surface area contributed by atoms with Crippen molar-refractivity contribution in [1.82, 2.24) is 0 Å². The van der Waals surface area contributed by atoms with Crippen molar-refractivity contribution < 1.29 is 9.53 Å². The van der Waals surface area contributed by atoms with E-state index in [0.717, 1.165) is 39.3 Å². The van der Waals surface area contributed by atoms with Crippen LogP contribution in [0.5, 0.6) is 0 Å². The minimum Gasteiger partial charge on any atom is -0.463 e. The molecule has 0 aliphatic carbocycles. The van der Waals surface area contributed by atoms with Gasteiger partial charge >= 0.3 is 5.97 Å². The Balaban J connectivity index is 1.78. The molecule has 1 aliphatic heterocycles. The van der Waals surface area contributed by atoms with E-state index in [2.05, 4.69) is 46.6 Å². The number of ether oxygens (including phenoxy) is 1. The van der Waals surface area contributed by atoms with Crippen molar-refractivity contribution in [2.45, 2.75) is 39.3 Å². The second-order valence-corrected chi connectivity index (χ2v) is 10.4. The number of nitrogens with one attached hydrogen (secondary N) is 1. The molecule has 0 radical (unpaired) electrons. The first kappa shape index (κ1) is 28.2. The van der Waals surface area contributed by atoms with Crippen molar-refractivity contribution in [3.63, 3.8) is 0 Å². The molecule has 4 aromatic carbocycles. The summed E-state index contributed by atoms with van der Waals surface area (Å²) in [5.74, 6) is -0.392. The normalized spacial score (nSPS) is 16.4. The molecule has 2 unspecified atom stereocenters. The van der Waals surface area contributed by atoms with E-state index in [4.69, 9.17) is 4.74 Å². The Hall–Kier alpha value is -5.33. The maximum atomic E-state index is 13.9. The van der Waals surface area contributed by atoms with E-state index in [-0.39, 0.29) is 12.6 Å². The van der Waals surface area contributed by atoms with Crippen molar-refractivity contribution in [2.75, 3.05) is 16.8 Å². The Morgan fingerprint density at radius 2 is 1.33 bits per heavy atom. The molecular weight excluding hydrogens is 520 g/mol. The molecule has 2 atom stereocenters. The lowest BCUT2D eigenvalue weighted by Crippen LogP contribution is -2.41. The summed E-state index contributed by atoms with van der Waals surface area (Å²) < 4.78 is 5.69. The standard InChI is InChI=1S/C36H32N4O2/c1-4-42-36(41)34-32(39-30-17-5-24(2)6-18-30)21-33(28-13-9-26(22-37)10-14-28)40(31-19-7-25(3)8-20-31)35(34)29-15-11-27(23-38)12-16-29/h5-20,33,35,39H,4,21H2,1-3H3. The molecule has 1 heterocycles. The third kappa shape index (κ3) is 5.89. The molecule has 0 amide bonds. The highest BCUT2D eigenvalue weighted by Crippen LogP contribution is 2.48. The maximum absolute atomic E-state index is 13.9. The highest BCUT2D eigenvalue weighted by Gasteiger charge is 2.41. The third-order valence-corrected chi connectivity index (χ3v) is 7.56. The van der Waals surface area contributed by atoms with Gasteiger partial charge in [-0.3, -0.25) is 0 Å². The van der Waals surface area contributed by atoms with Crippen LogP contribution in [0.4, 0.5) is 11.4 Å². The molecule has 0 fully saturated rings. The van der Waals surface area contributed by atoms with Crippen LogP contribution in [0.1, 0.15) is 58.8 Å². The van der Waals surface area contributed by atoms with Gasteiger partial charge in [0.15, 0.2) is 0 Å². The van der Waals surface area contributed by atoms with Crippen LogP contribution in [-0.4, -0.2) is 12.6 Å². The van der Waals surface area contributed by atoms with Crippen LogP contribution >= 0.6 is 0 Å². The molecule has 0 saturated carbocycles. The smallest absolute Gasteiger partial charge is 0.338 e. The van der Waals surface area contributed by atoms with Crippen LogP contribution < -0.4 is 10.2 Å². The zero-order valence-corrected chi connectivity index (χ0v) is 24.0. The van der Waals surface area contributed by atoms with E-state index in [0.29, 0.717) is 23.1 Å². The van der Waals surface area contributed by atoms with Crippen LogP contribution in [0, 0.1) is 36.5 Å². The van der Waals surface area contributed by atoms with Gasteiger partial charge in [-0.1, -0.05) is 59.7 Å². The second kappa shape index (κ2) is 12.5. The molecule has 0 aromatic heterocycles. The van der Waals surface area contributed by atoms with Gasteiger partial charge in [0.25, 0.3) is 0 Å². The van der Waals surface area contributed by atoms with Crippen molar-refractivity contribution in [2.24, 2.45) is 0 Å². The fraction of sp³-hybridized carbons (Fsp3) is 0.194. The van der Waals surface area contributed by atoms with Crippen molar-refractivity contribution in [1.29, 1.82) is 10.5 Å². The molecule has 0 spiro atoms. The average molecular weight is 553 g/mol. The van der Waals surface area contributed by atoms with Crippen molar-refractivity contribution in [3.05, 3.63) is 142 Å². The Kier molecular flexibility index (Phi) is 8.37.